The number of H-pyrrole nitrogens is 1. The largest absolute Gasteiger partial charge is 0.505 e. The van der Waals surface area contributed by atoms with Gasteiger partial charge in [-0.1, -0.05) is 0 Å². The number of aromatic amines is 1. The van der Waals surface area contributed by atoms with Gasteiger partial charge in [-0.2, -0.15) is 0 Å². The zero-order valence-corrected chi connectivity index (χ0v) is 19.5. The van der Waals surface area contributed by atoms with Crippen LogP contribution in [0, 0.1) is 20.2 Å². The van der Waals surface area contributed by atoms with Crippen molar-refractivity contribution >= 4 is 39.5 Å². The second-order valence-corrected chi connectivity index (χ2v) is 7.35. The fraction of sp³-hybridized carbons (Fsp3) is 0.273. The third-order valence-corrected chi connectivity index (χ3v) is 5.46. The van der Waals surface area contributed by atoms with Gasteiger partial charge < -0.3 is 29.0 Å². The summed E-state index contributed by atoms with van der Waals surface area (Å²) in [6.45, 7) is 3.28. The number of benzene rings is 2. The molecule has 2 heterocycles. The summed E-state index contributed by atoms with van der Waals surface area (Å²) < 4.78 is 21.4. The monoisotopic (exact) mass is 500 g/mol. The minimum Gasteiger partial charge on any atom is -0.505 e. The van der Waals surface area contributed by atoms with Crippen molar-refractivity contribution in [3.05, 3.63) is 43.6 Å². The highest BCUT2D eigenvalue weighted by molar-refractivity contribution is 6.56. The molecule has 1 aliphatic heterocycles. The van der Waals surface area contributed by atoms with Gasteiger partial charge in [0.1, 0.15) is 28.4 Å². The molecule has 0 amide bonds. The molecule has 3 aromatic rings. The van der Waals surface area contributed by atoms with E-state index in [2.05, 4.69) is 9.98 Å². The molecule has 0 fully saturated rings. The molecule has 0 bridgehead atoms. The van der Waals surface area contributed by atoms with Crippen molar-refractivity contribution in [2.24, 2.45) is 4.99 Å². The van der Waals surface area contributed by atoms with Crippen LogP contribution in [-0.2, 0) is 0 Å². The first kappa shape index (κ1) is 24.3. The van der Waals surface area contributed by atoms with Crippen molar-refractivity contribution in [1.82, 2.24) is 4.98 Å². The van der Waals surface area contributed by atoms with E-state index >= 15 is 0 Å². The Morgan fingerprint density at radius 2 is 1.53 bits per heavy atom. The van der Waals surface area contributed by atoms with E-state index in [1.54, 1.807) is 13.8 Å². The van der Waals surface area contributed by atoms with Gasteiger partial charge in [0, 0.05) is 0 Å². The SMILES string of the molecule is CCOc1c([N+](=O)[O-])cc(OC)c2c1C(=O)C(c1[nH]c3c(OC)cc([N+](=O)[O-])c(OCC)c3c1O)=N2. The number of Topliss-reactive ketones (excluding diaryl/α,β-unsaturated/α-hetero) is 1. The molecule has 4 rings (SSSR count). The molecule has 14 nitrogen and oxygen atoms in total. The fourth-order valence-electron chi connectivity index (χ4n) is 4.01. The Kier molecular flexibility index (Phi) is 6.10. The van der Waals surface area contributed by atoms with Crippen LogP contribution < -0.4 is 18.9 Å². The smallest absolute Gasteiger partial charge is 0.315 e. The number of hydrogen-bond donors (Lipinski definition) is 2. The number of methoxy groups -OCH3 is 2. The molecule has 188 valence electrons. The maximum Gasteiger partial charge on any atom is 0.315 e. The van der Waals surface area contributed by atoms with Crippen LogP contribution in [0.15, 0.2) is 17.1 Å². The molecular formula is C22H20N4O10. The van der Waals surface area contributed by atoms with Gasteiger partial charge in [0.05, 0.1) is 60.3 Å². The number of fused-ring (bicyclic) bond motifs is 2. The molecule has 1 aromatic heterocycles. The minimum atomic E-state index is -0.788. The van der Waals surface area contributed by atoms with E-state index in [4.69, 9.17) is 18.9 Å². The normalized spacial score (nSPS) is 12.3. The van der Waals surface area contributed by atoms with Gasteiger partial charge in [0.25, 0.3) is 0 Å². The van der Waals surface area contributed by atoms with Crippen LogP contribution in [0.2, 0.25) is 0 Å². The molecule has 36 heavy (non-hydrogen) atoms. The summed E-state index contributed by atoms with van der Waals surface area (Å²) in [7, 11) is 2.54. The van der Waals surface area contributed by atoms with Crippen LogP contribution in [0.25, 0.3) is 10.9 Å². The molecule has 0 atom stereocenters. The Morgan fingerprint density at radius 3 is 2.08 bits per heavy atom. The second-order valence-electron chi connectivity index (χ2n) is 7.35. The molecule has 0 spiro atoms. The lowest BCUT2D eigenvalue weighted by atomic mass is 10.0. The molecule has 0 aliphatic carbocycles. The molecular weight excluding hydrogens is 480 g/mol. The number of aromatic nitrogens is 1. The number of aliphatic imine (C=N–C) groups is 1. The number of hydrogen-bond acceptors (Lipinski definition) is 11. The zero-order chi connectivity index (χ0) is 26.3. The quantitative estimate of drug-likeness (QED) is 0.323. The van der Waals surface area contributed by atoms with E-state index in [-0.39, 0.29) is 69.8 Å². The molecule has 1 aliphatic rings. The van der Waals surface area contributed by atoms with Gasteiger partial charge in [-0.05, 0) is 13.8 Å². The highest BCUT2D eigenvalue weighted by Crippen LogP contribution is 2.51. The third kappa shape index (κ3) is 3.50. The summed E-state index contributed by atoms with van der Waals surface area (Å²) in [6, 6.07) is 2.22. The summed E-state index contributed by atoms with van der Waals surface area (Å²) in [4.78, 5) is 42.5. The second kappa shape index (κ2) is 9.05. The molecule has 0 radical (unpaired) electrons. The lowest BCUT2D eigenvalue weighted by Gasteiger charge is -2.11. The van der Waals surface area contributed by atoms with Crippen molar-refractivity contribution in [3.8, 4) is 28.7 Å². The summed E-state index contributed by atoms with van der Waals surface area (Å²) in [5, 5.41) is 34.3. The van der Waals surface area contributed by atoms with E-state index in [9.17, 15) is 30.1 Å². The highest BCUT2D eigenvalue weighted by Gasteiger charge is 2.40. The average Bonchev–Trinajstić information content (AvgIpc) is 3.36. The van der Waals surface area contributed by atoms with Gasteiger partial charge in [-0.3, -0.25) is 25.0 Å². The topological polar surface area (TPSA) is 189 Å². The maximum atomic E-state index is 13.5. The minimum absolute atomic E-state index is 0.00786. The molecule has 14 heteroatoms. The van der Waals surface area contributed by atoms with Crippen molar-refractivity contribution in [2.45, 2.75) is 13.8 Å². The fourth-order valence-corrected chi connectivity index (χ4v) is 4.01. The van der Waals surface area contributed by atoms with Gasteiger partial charge in [0.2, 0.25) is 17.3 Å². The van der Waals surface area contributed by atoms with Crippen molar-refractivity contribution in [3.63, 3.8) is 0 Å². The van der Waals surface area contributed by atoms with Crippen LogP contribution in [-0.4, -0.2) is 58.9 Å². The van der Waals surface area contributed by atoms with Crippen LogP contribution in [0.1, 0.15) is 29.9 Å². The third-order valence-electron chi connectivity index (χ3n) is 5.46. The Hall–Kier alpha value is -4.88. The standard InChI is InChI=1S/C22H20N4O10/c1-5-35-21-9(25(29)30)7-11(33-3)15-13(21)19(27)17(23-15)18-20(28)14-16(24-18)12(34-4)8-10(26(31)32)22(14)36-6-2/h7-8,23,27H,5-6H2,1-4H3. The number of rotatable bonds is 9. The van der Waals surface area contributed by atoms with Gasteiger partial charge in [-0.25, -0.2) is 4.99 Å². The van der Waals surface area contributed by atoms with Gasteiger partial charge in [0.15, 0.2) is 11.5 Å². The van der Waals surface area contributed by atoms with E-state index < -0.39 is 32.8 Å². The Morgan fingerprint density at radius 1 is 0.972 bits per heavy atom. The Bertz CT molecular complexity index is 1470. The molecule has 2 aromatic carbocycles. The summed E-state index contributed by atoms with van der Waals surface area (Å²) in [5.41, 5.74) is -1.57. The predicted octanol–water partition coefficient (Wildman–Crippen LogP) is 3.82. The Labute approximate surface area is 202 Å². The van der Waals surface area contributed by atoms with Crippen LogP contribution in [0.3, 0.4) is 0 Å². The van der Waals surface area contributed by atoms with Crippen LogP contribution in [0.4, 0.5) is 17.1 Å². The maximum absolute atomic E-state index is 13.5. The molecule has 2 N–H and O–H groups in total. The van der Waals surface area contributed by atoms with Gasteiger partial charge in [-0.15, -0.1) is 0 Å². The van der Waals surface area contributed by atoms with E-state index in [1.807, 2.05) is 0 Å². The van der Waals surface area contributed by atoms with E-state index in [0.29, 0.717) is 0 Å². The van der Waals surface area contributed by atoms with Crippen LogP contribution >= 0.6 is 0 Å². The number of nitrogens with one attached hydrogen (secondary N) is 1. The van der Waals surface area contributed by atoms with Crippen LogP contribution in [0.5, 0.6) is 28.7 Å². The van der Waals surface area contributed by atoms with Crippen molar-refractivity contribution in [1.29, 1.82) is 0 Å². The highest BCUT2D eigenvalue weighted by atomic mass is 16.6. The summed E-state index contributed by atoms with van der Waals surface area (Å²) in [5.74, 6) is -1.91. The molecule has 0 saturated heterocycles. The number of nitro groups is 2. The van der Waals surface area contributed by atoms with Gasteiger partial charge >= 0.3 is 11.4 Å². The molecule has 0 unspecified atom stereocenters. The number of ether oxygens (including phenoxy) is 4. The number of carbonyl (C=O) groups excluding carboxylic acids is 1. The lowest BCUT2D eigenvalue weighted by molar-refractivity contribution is -0.386. The summed E-state index contributed by atoms with van der Waals surface area (Å²) >= 11 is 0. The number of carbonyl (C=O) groups is 1. The number of aromatic hydroxyl groups is 1. The summed E-state index contributed by atoms with van der Waals surface area (Å²) in [6.07, 6.45) is 0. The average molecular weight is 500 g/mol. The first-order valence-corrected chi connectivity index (χ1v) is 10.6. The van der Waals surface area contributed by atoms with Crippen molar-refractivity contribution < 1.29 is 38.7 Å². The van der Waals surface area contributed by atoms with E-state index in [1.165, 1.54) is 14.2 Å². The number of nitro benzene ring substituents is 2. The predicted molar refractivity (Wildman–Crippen MR) is 126 cm³/mol. The first-order valence-electron chi connectivity index (χ1n) is 10.6. The molecule has 0 saturated carbocycles. The zero-order valence-electron chi connectivity index (χ0n) is 19.5. The van der Waals surface area contributed by atoms with E-state index in [0.717, 1.165) is 12.1 Å². The number of ketones is 1. The lowest BCUT2D eigenvalue weighted by Crippen LogP contribution is -2.14. The number of nitrogens with zero attached hydrogens (tertiary/aromatic N) is 3. The van der Waals surface area contributed by atoms with Crippen molar-refractivity contribution in [2.75, 3.05) is 27.4 Å². The Balaban J connectivity index is 2.01. The first-order chi connectivity index (χ1) is 17.2.